The Morgan fingerprint density at radius 1 is 1.12 bits per heavy atom. The lowest BCUT2D eigenvalue weighted by Gasteiger charge is -2.15. The first-order valence-electron chi connectivity index (χ1n) is 7.87. The quantitative estimate of drug-likeness (QED) is 0.811. The second-order valence-corrected chi connectivity index (χ2v) is 5.71. The summed E-state index contributed by atoms with van der Waals surface area (Å²) in [5, 5.41) is 2.71. The second kappa shape index (κ2) is 8.55. The minimum Gasteiger partial charge on any atom is -0.484 e. The summed E-state index contributed by atoms with van der Waals surface area (Å²) in [5.74, 6) is 0.257. The lowest BCUT2D eigenvalue weighted by atomic mass is 10.2. The summed E-state index contributed by atoms with van der Waals surface area (Å²) in [7, 11) is 0. The van der Waals surface area contributed by atoms with Crippen LogP contribution in [0, 0.1) is 6.92 Å². The van der Waals surface area contributed by atoms with Gasteiger partial charge in [-0.05, 0) is 38.1 Å². The van der Waals surface area contributed by atoms with Crippen LogP contribution in [0.4, 0.5) is 13.2 Å². The van der Waals surface area contributed by atoms with Crippen molar-refractivity contribution in [2.75, 3.05) is 13.2 Å². The zero-order chi connectivity index (χ0) is 19.2. The molecule has 0 aliphatic heterocycles. The number of benzene rings is 1. The minimum atomic E-state index is -4.41. The molecule has 0 fully saturated rings. The number of hydrogen-bond acceptors (Lipinski definition) is 4. The van der Waals surface area contributed by atoms with Gasteiger partial charge in [0, 0.05) is 0 Å². The fourth-order valence-electron chi connectivity index (χ4n) is 2.04. The molecule has 5 nitrogen and oxygen atoms in total. The summed E-state index contributed by atoms with van der Waals surface area (Å²) < 4.78 is 46.3. The van der Waals surface area contributed by atoms with Gasteiger partial charge in [0.05, 0.1) is 17.9 Å². The number of nitrogens with one attached hydrogen (secondary N) is 1. The minimum absolute atomic E-state index is 0.00676. The fourth-order valence-corrected chi connectivity index (χ4v) is 2.04. The first kappa shape index (κ1) is 19.6. The van der Waals surface area contributed by atoms with E-state index in [2.05, 4.69) is 15.0 Å². The molecule has 1 aromatic carbocycles. The molecule has 0 saturated heterocycles. The molecule has 1 unspecified atom stereocenters. The van der Waals surface area contributed by atoms with Crippen molar-refractivity contribution in [1.82, 2.24) is 10.3 Å². The molecule has 0 aliphatic rings. The van der Waals surface area contributed by atoms with Crippen molar-refractivity contribution in [2.45, 2.75) is 26.1 Å². The first-order valence-corrected chi connectivity index (χ1v) is 7.87. The van der Waals surface area contributed by atoms with Crippen molar-refractivity contribution >= 4 is 5.91 Å². The van der Waals surface area contributed by atoms with Crippen LogP contribution >= 0.6 is 0 Å². The third-order valence-electron chi connectivity index (χ3n) is 3.37. The SMILES string of the molecule is Cc1ccc(OCC(=O)NC(C)c2ccc(OCC(F)(F)F)cn2)cc1. The molecule has 8 heteroatoms. The molecule has 1 N–H and O–H groups in total. The number of nitrogens with zero attached hydrogens (tertiary/aromatic N) is 1. The summed E-state index contributed by atoms with van der Waals surface area (Å²) in [6.45, 7) is 2.13. The molecule has 1 heterocycles. The van der Waals surface area contributed by atoms with Crippen molar-refractivity contribution in [3.05, 3.63) is 53.9 Å². The van der Waals surface area contributed by atoms with Crippen molar-refractivity contribution in [3.63, 3.8) is 0 Å². The smallest absolute Gasteiger partial charge is 0.422 e. The maximum absolute atomic E-state index is 12.1. The molecule has 1 amide bonds. The molecule has 0 spiro atoms. The molecule has 2 aromatic rings. The Kier molecular flexibility index (Phi) is 6.43. The number of carbonyl (C=O) groups excluding carboxylic acids is 1. The number of ether oxygens (including phenoxy) is 2. The third kappa shape index (κ3) is 6.62. The van der Waals surface area contributed by atoms with Crippen LogP contribution in [0.5, 0.6) is 11.5 Å². The summed E-state index contributed by atoms with van der Waals surface area (Å²) >= 11 is 0. The van der Waals surface area contributed by atoms with Gasteiger partial charge < -0.3 is 14.8 Å². The number of alkyl halides is 3. The van der Waals surface area contributed by atoms with Gasteiger partial charge in [-0.1, -0.05) is 17.7 Å². The Morgan fingerprint density at radius 3 is 2.35 bits per heavy atom. The third-order valence-corrected chi connectivity index (χ3v) is 3.37. The molecule has 0 saturated carbocycles. The van der Waals surface area contributed by atoms with Crippen LogP contribution in [0.15, 0.2) is 42.6 Å². The van der Waals surface area contributed by atoms with E-state index in [9.17, 15) is 18.0 Å². The predicted octanol–water partition coefficient (Wildman–Crippen LogP) is 3.59. The highest BCUT2D eigenvalue weighted by Crippen LogP contribution is 2.19. The Labute approximate surface area is 149 Å². The number of amides is 1. The van der Waals surface area contributed by atoms with Crippen LogP contribution in [-0.4, -0.2) is 30.3 Å². The van der Waals surface area contributed by atoms with E-state index in [1.54, 1.807) is 19.1 Å². The average molecular weight is 368 g/mol. The molecular formula is C18H19F3N2O3. The number of carbonyl (C=O) groups is 1. The van der Waals surface area contributed by atoms with Crippen molar-refractivity contribution in [1.29, 1.82) is 0 Å². The molecule has 1 atom stereocenters. The van der Waals surface area contributed by atoms with Gasteiger partial charge in [-0.25, -0.2) is 0 Å². The van der Waals surface area contributed by atoms with Gasteiger partial charge in [0.25, 0.3) is 5.91 Å². The fraction of sp³-hybridized carbons (Fsp3) is 0.333. The topological polar surface area (TPSA) is 60.5 Å². The van der Waals surface area contributed by atoms with E-state index >= 15 is 0 Å². The number of rotatable bonds is 7. The number of hydrogen-bond donors (Lipinski definition) is 1. The monoisotopic (exact) mass is 368 g/mol. The van der Waals surface area contributed by atoms with Crippen LogP contribution in [0.3, 0.4) is 0 Å². The molecule has 2 rings (SSSR count). The molecule has 1 aromatic heterocycles. The van der Waals surface area contributed by atoms with Gasteiger partial charge in [-0.15, -0.1) is 0 Å². The van der Waals surface area contributed by atoms with E-state index in [4.69, 9.17) is 4.74 Å². The van der Waals surface area contributed by atoms with Crippen molar-refractivity contribution in [3.8, 4) is 11.5 Å². The average Bonchev–Trinajstić information content (AvgIpc) is 2.59. The largest absolute Gasteiger partial charge is 0.484 e. The normalized spacial score (nSPS) is 12.3. The van der Waals surface area contributed by atoms with E-state index in [0.717, 1.165) is 5.56 Å². The molecule has 0 radical (unpaired) electrons. The van der Waals surface area contributed by atoms with Crippen LogP contribution in [-0.2, 0) is 4.79 Å². The van der Waals surface area contributed by atoms with Gasteiger partial charge in [-0.2, -0.15) is 13.2 Å². The van der Waals surface area contributed by atoms with E-state index in [0.29, 0.717) is 11.4 Å². The molecule has 140 valence electrons. The van der Waals surface area contributed by atoms with E-state index in [1.807, 2.05) is 19.1 Å². The highest BCUT2D eigenvalue weighted by Gasteiger charge is 2.28. The lowest BCUT2D eigenvalue weighted by molar-refractivity contribution is -0.153. The first-order chi connectivity index (χ1) is 12.2. The maximum atomic E-state index is 12.1. The van der Waals surface area contributed by atoms with Gasteiger partial charge >= 0.3 is 6.18 Å². The molecular weight excluding hydrogens is 349 g/mol. The Hall–Kier alpha value is -2.77. The summed E-state index contributed by atoms with van der Waals surface area (Å²) in [4.78, 5) is 15.9. The van der Waals surface area contributed by atoms with Crippen LogP contribution in [0.2, 0.25) is 0 Å². The number of halogens is 3. The Bertz CT molecular complexity index is 716. The number of aromatic nitrogens is 1. The predicted molar refractivity (Wildman–Crippen MR) is 89.0 cm³/mol. The van der Waals surface area contributed by atoms with Gasteiger partial charge in [-0.3, -0.25) is 9.78 Å². The Morgan fingerprint density at radius 2 is 1.77 bits per heavy atom. The highest BCUT2D eigenvalue weighted by atomic mass is 19.4. The second-order valence-electron chi connectivity index (χ2n) is 5.71. The molecule has 0 bridgehead atoms. The highest BCUT2D eigenvalue weighted by molar-refractivity contribution is 5.77. The maximum Gasteiger partial charge on any atom is 0.422 e. The molecule has 26 heavy (non-hydrogen) atoms. The van der Waals surface area contributed by atoms with Gasteiger partial charge in [0.15, 0.2) is 13.2 Å². The van der Waals surface area contributed by atoms with Crippen LogP contribution in [0.1, 0.15) is 24.2 Å². The van der Waals surface area contributed by atoms with Crippen LogP contribution in [0.25, 0.3) is 0 Å². The Balaban J connectivity index is 1.81. The zero-order valence-electron chi connectivity index (χ0n) is 14.3. The lowest BCUT2D eigenvalue weighted by Crippen LogP contribution is -2.31. The van der Waals surface area contributed by atoms with Gasteiger partial charge in [0.1, 0.15) is 11.5 Å². The van der Waals surface area contributed by atoms with E-state index in [-0.39, 0.29) is 18.3 Å². The van der Waals surface area contributed by atoms with Crippen molar-refractivity contribution < 1.29 is 27.4 Å². The summed E-state index contributed by atoms with van der Waals surface area (Å²) in [6.07, 6.45) is -3.22. The molecule has 0 aliphatic carbocycles. The summed E-state index contributed by atoms with van der Waals surface area (Å²) in [6, 6.07) is 9.74. The number of pyridine rings is 1. The number of aryl methyl sites for hydroxylation is 1. The van der Waals surface area contributed by atoms with E-state index < -0.39 is 18.8 Å². The standard InChI is InChI=1S/C18H19F3N2O3/c1-12-3-5-14(6-4-12)25-10-17(24)23-13(2)16-8-7-15(9-22-16)26-11-18(19,20)21/h3-9,13H,10-11H2,1-2H3,(H,23,24). The van der Waals surface area contributed by atoms with Crippen LogP contribution < -0.4 is 14.8 Å². The van der Waals surface area contributed by atoms with Crippen molar-refractivity contribution in [2.24, 2.45) is 0 Å². The summed E-state index contributed by atoms with van der Waals surface area (Å²) in [5.41, 5.74) is 1.58. The van der Waals surface area contributed by atoms with Gasteiger partial charge in [0.2, 0.25) is 0 Å². The zero-order valence-corrected chi connectivity index (χ0v) is 14.3. The van der Waals surface area contributed by atoms with E-state index in [1.165, 1.54) is 18.3 Å².